The first-order valence-corrected chi connectivity index (χ1v) is 6.93. The normalized spacial score (nSPS) is 12.7. The van der Waals surface area contributed by atoms with E-state index in [9.17, 15) is 4.39 Å². The van der Waals surface area contributed by atoms with Crippen LogP contribution in [0.25, 0.3) is 0 Å². The van der Waals surface area contributed by atoms with Gasteiger partial charge in [-0.25, -0.2) is 4.39 Å². The molecule has 2 N–H and O–H groups in total. The van der Waals surface area contributed by atoms with Crippen LogP contribution in [-0.4, -0.2) is 0 Å². The summed E-state index contributed by atoms with van der Waals surface area (Å²) in [6, 6.07) is 8.53. The molecule has 0 bridgehead atoms. The van der Waals surface area contributed by atoms with Gasteiger partial charge in [-0.1, -0.05) is 12.1 Å². The second-order valence-corrected chi connectivity index (χ2v) is 6.63. The monoisotopic (exact) mass is 313 g/mol. The van der Waals surface area contributed by atoms with Crippen molar-refractivity contribution in [2.24, 2.45) is 5.73 Å². The SMILES string of the molecule is Cc1sc(Br)cc1C(N)Cc1ccc(F)cc1. The van der Waals surface area contributed by atoms with Crippen molar-refractivity contribution in [2.75, 3.05) is 0 Å². The minimum absolute atomic E-state index is 0.0389. The van der Waals surface area contributed by atoms with E-state index in [-0.39, 0.29) is 11.9 Å². The summed E-state index contributed by atoms with van der Waals surface area (Å²) in [5.41, 5.74) is 8.39. The molecule has 0 fully saturated rings. The van der Waals surface area contributed by atoms with E-state index in [4.69, 9.17) is 5.73 Å². The van der Waals surface area contributed by atoms with Crippen LogP contribution in [0.1, 0.15) is 22.0 Å². The topological polar surface area (TPSA) is 26.0 Å². The molecule has 1 atom stereocenters. The van der Waals surface area contributed by atoms with Crippen molar-refractivity contribution in [3.63, 3.8) is 0 Å². The molecule has 1 nitrogen and oxygen atoms in total. The highest BCUT2D eigenvalue weighted by molar-refractivity contribution is 9.11. The molecule has 1 aromatic heterocycles. The maximum atomic E-state index is 12.8. The third-order valence-corrected chi connectivity index (χ3v) is 4.26. The van der Waals surface area contributed by atoms with Gasteiger partial charge in [-0.3, -0.25) is 0 Å². The first-order chi connectivity index (χ1) is 8.06. The number of benzene rings is 1. The maximum absolute atomic E-state index is 12.8. The first kappa shape index (κ1) is 12.7. The van der Waals surface area contributed by atoms with Crippen LogP contribution in [0.2, 0.25) is 0 Å². The van der Waals surface area contributed by atoms with Crippen molar-refractivity contribution in [1.29, 1.82) is 0 Å². The molecule has 0 spiro atoms. The Bertz CT molecular complexity index is 507. The van der Waals surface area contributed by atoms with Crippen molar-refractivity contribution < 1.29 is 4.39 Å². The van der Waals surface area contributed by atoms with Crippen molar-refractivity contribution in [1.82, 2.24) is 0 Å². The molecule has 0 aliphatic heterocycles. The lowest BCUT2D eigenvalue weighted by Crippen LogP contribution is -2.13. The number of hydrogen-bond acceptors (Lipinski definition) is 2. The molecule has 2 rings (SSSR count). The third-order valence-electron chi connectivity index (χ3n) is 2.69. The zero-order valence-electron chi connectivity index (χ0n) is 9.41. The fourth-order valence-corrected chi connectivity index (χ4v) is 3.59. The number of rotatable bonds is 3. The first-order valence-electron chi connectivity index (χ1n) is 5.32. The van der Waals surface area contributed by atoms with E-state index in [1.807, 2.05) is 0 Å². The Morgan fingerprint density at radius 1 is 1.35 bits per heavy atom. The van der Waals surface area contributed by atoms with E-state index in [0.717, 1.165) is 21.3 Å². The molecule has 17 heavy (non-hydrogen) atoms. The predicted molar refractivity (Wildman–Crippen MR) is 73.8 cm³/mol. The summed E-state index contributed by atoms with van der Waals surface area (Å²) >= 11 is 5.15. The summed E-state index contributed by atoms with van der Waals surface area (Å²) in [5.74, 6) is -0.211. The standard InChI is InChI=1S/C13H13BrFNS/c1-8-11(7-13(14)17-8)12(16)6-9-2-4-10(15)5-3-9/h2-5,7,12H,6,16H2,1H3. The molecular weight excluding hydrogens is 301 g/mol. The van der Waals surface area contributed by atoms with Crippen LogP contribution >= 0.6 is 27.3 Å². The van der Waals surface area contributed by atoms with Crippen molar-refractivity contribution >= 4 is 27.3 Å². The Hall–Kier alpha value is -0.710. The molecule has 1 unspecified atom stereocenters. The molecule has 1 aromatic carbocycles. The van der Waals surface area contributed by atoms with Gasteiger partial charge in [-0.05, 0) is 58.6 Å². The van der Waals surface area contributed by atoms with E-state index in [2.05, 4.69) is 28.9 Å². The Morgan fingerprint density at radius 3 is 2.53 bits per heavy atom. The van der Waals surface area contributed by atoms with Crippen LogP contribution in [0.5, 0.6) is 0 Å². The van der Waals surface area contributed by atoms with Gasteiger partial charge in [0.05, 0.1) is 3.79 Å². The van der Waals surface area contributed by atoms with Crippen LogP contribution in [0, 0.1) is 12.7 Å². The zero-order valence-corrected chi connectivity index (χ0v) is 11.8. The summed E-state index contributed by atoms with van der Waals surface area (Å²) < 4.78 is 13.9. The molecule has 90 valence electrons. The average molecular weight is 314 g/mol. The third kappa shape index (κ3) is 3.15. The van der Waals surface area contributed by atoms with Gasteiger partial charge < -0.3 is 5.73 Å². The van der Waals surface area contributed by atoms with Gasteiger partial charge in [0, 0.05) is 10.9 Å². The van der Waals surface area contributed by atoms with Crippen LogP contribution in [-0.2, 0) is 6.42 Å². The lowest BCUT2D eigenvalue weighted by molar-refractivity contribution is 0.625. The second kappa shape index (κ2) is 5.29. The minimum Gasteiger partial charge on any atom is -0.324 e. The zero-order chi connectivity index (χ0) is 12.4. The van der Waals surface area contributed by atoms with Crippen molar-refractivity contribution in [3.8, 4) is 0 Å². The van der Waals surface area contributed by atoms with E-state index in [1.165, 1.54) is 17.0 Å². The number of aryl methyl sites for hydroxylation is 1. The molecule has 0 saturated heterocycles. The molecule has 4 heteroatoms. The van der Waals surface area contributed by atoms with Crippen LogP contribution < -0.4 is 5.73 Å². The van der Waals surface area contributed by atoms with Gasteiger partial charge in [-0.2, -0.15) is 0 Å². The Kier molecular flexibility index (Phi) is 3.97. The summed E-state index contributed by atoms with van der Waals surface area (Å²) in [5, 5.41) is 0. The van der Waals surface area contributed by atoms with Gasteiger partial charge in [0.25, 0.3) is 0 Å². The van der Waals surface area contributed by atoms with E-state index >= 15 is 0 Å². The highest BCUT2D eigenvalue weighted by atomic mass is 79.9. The molecule has 0 radical (unpaired) electrons. The Morgan fingerprint density at radius 2 is 2.00 bits per heavy atom. The van der Waals surface area contributed by atoms with Gasteiger partial charge in [0.2, 0.25) is 0 Å². The van der Waals surface area contributed by atoms with E-state index in [1.54, 1.807) is 23.5 Å². The smallest absolute Gasteiger partial charge is 0.123 e. The summed E-state index contributed by atoms with van der Waals surface area (Å²) in [6.07, 6.45) is 0.726. The Balaban J connectivity index is 2.14. The fourth-order valence-electron chi connectivity index (χ4n) is 1.81. The second-order valence-electron chi connectivity index (χ2n) is 4.00. The number of thiophene rings is 1. The lowest BCUT2D eigenvalue weighted by Gasteiger charge is -2.11. The molecule has 0 aliphatic rings. The van der Waals surface area contributed by atoms with Gasteiger partial charge in [-0.15, -0.1) is 11.3 Å². The molecule has 0 saturated carbocycles. The van der Waals surface area contributed by atoms with E-state index in [0.29, 0.717) is 0 Å². The van der Waals surface area contributed by atoms with Gasteiger partial charge >= 0.3 is 0 Å². The summed E-state index contributed by atoms with van der Waals surface area (Å²) in [7, 11) is 0. The van der Waals surface area contributed by atoms with Crippen LogP contribution in [0.4, 0.5) is 4.39 Å². The highest BCUT2D eigenvalue weighted by Crippen LogP contribution is 2.30. The molecular formula is C13H13BrFNS. The molecule has 0 aliphatic carbocycles. The predicted octanol–water partition coefficient (Wildman–Crippen LogP) is 4.20. The molecule has 0 amide bonds. The minimum atomic E-state index is -0.211. The maximum Gasteiger partial charge on any atom is 0.123 e. The highest BCUT2D eigenvalue weighted by Gasteiger charge is 2.12. The lowest BCUT2D eigenvalue weighted by atomic mass is 10.0. The number of halogens is 2. The van der Waals surface area contributed by atoms with Crippen molar-refractivity contribution in [3.05, 3.63) is 55.9 Å². The quantitative estimate of drug-likeness (QED) is 0.903. The van der Waals surface area contributed by atoms with Gasteiger partial charge in [0.15, 0.2) is 0 Å². The number of nitrogens with two attached hydrogens (primary N) is 1. The Labute approximate surface area is 113 Å². The largest absolute Gasteiger partial charge is 0.324 e. The fraction of sp³-hybridized carbons (Fsp3) is 0.231. The number of hydrogen-bond donors (Lipinski definition) is 1. The average Bonchev–Trinajstić information content (AvgIpc) is 2.61. The van der Waals surface area contributed by atoms with Crippen molar-refractivity contribution in [2.45, 2.75) is 19.4 Å². The summed E-state index contributed by atoms with van der Waals surface area (Å²) in [4.78, 5) is 1.23. The van der Waals surface area contributed by atoms with Crippen LogP contribution in [0.3, 0.4) is 0 Å². The molecule has 1 heterocycles. The molecule has 2 aromatic rings. The van der Waals surface area contributed by atoms with E-state index < -0.39 is 0 Å². The van der Waals surface area contributed by atoms with Crippen LogP contribution in [0.15, 0.2) is 34.1 Å². The summed E-state index contributed by atoms with van der Waals surface area (Å²) in [6.45, 7) is 2.06. The van der Waals surface area contributed by atoms with Gasteiger partial charge in [0.1, 0.15) is 5.82 Å².